The molecule has 0 radical (unpaired) electrons. The fourth-order valence-electron chi connectivity index (χ4n) is 2.64. The van der Waals surface area contributed by atoms with Gasteiger partial charge in [-0.3, -0.25) is 0 Å². The lowest BCUT2D eigenvalue weighted by molar-refractivity contribution is 1.07. The van der Waals surface area contributed by atoms with E-state index in [0.29, 0.717) is 33.8 Å². The van der Waals surface area contributed by atoms with Crippen molar-refractivity contribution in [1.29, 1.82) is 0 Å². The van der Waals surface area contributed by atoms with Crippen molar-refractivity contribution in [3.8, 4) is 10.6 Å². The Bertz CT molecular complexity index is 1120. The van der Waals surface area contributed by atoms with E-state index in [1.165, 1.54) is 17.7 Å². The number of aryl methyl sites for hydroxylation is 1. The second-order valence-corrected chi connectivity index (χ2v) is 7.65. The first-order valence-corrected chi connectivity index (χ1v) is 9.62. The number of thiazole rings is 1. The molecule has 0 aliphatic heterocycles. The third kappa shape index (κ3) is 3.93. The largest absolute Gasteiger partial charge is 0.326 e. The zero-order valence-electron chi connectivity index (χ0n) is 14.2. The number of pyridine rings is 1. The number of fused-ring (bicyclic) bond motifs is 1. The van der Waals surface area contributed by atoms with Gasteiger partial charge in [0.05, 0.1) is 20.3 Å². The van der Waals surface area contributed by atoms with E-state index in [0.717, 1.165) is 26.5 Å². The van der Waals surface area contributed by atoms with Crippen LogP contribution in [0.15, 0.2) is 36.8 Å². The van der Waals surface area contributed by atoms with Gasteiger partial charge in [-0.1, -0.05) is 30.6 Å². The predicted molar refractivity (Wildman–Crippen MR) is 118 cm³/mol. The first kappa shape index (κ1) is 20.4. The van der Waals surface area contributed by atoms with Crippen LogP contribution < -0.4 is 11.1 Å². The second kappa shape index (κ2) is 8.36. The molecule has 0 aliphatic rings. The zero-order chi connectivity index (χ0) is 19.0. The number of aromatic nitrogens is 4. The lowest BCUT2D eigenvalue weighted by Crippen LogP contribution is -1.97. The number of halogens is 2. The molecule has 6 nitrogen and oxygen atoms in total. The van der Waals surface area contributed by atoms with Gasteiger partial charge in [-0.25, -0.2) is 19.9 Å². The average Bonchev–Trinajstić information content (AvgIpc) is 3.05. The molecule has 0 unspecified atom stereocenters. The van der Waals surface area contributed by atoms with Crippen LogP contribution in [0.1, 0.15) is 18.7 Å². The minimum Gasteiger partial charge on any atom is -0.326 e. The maximum atomic E-state index is 6.44. The van der Waals surface area contributed by atoms with Crippen molar-refractivity contribution in [3.05, 3.63) is 58.1 Å². The van der Waals surface area contributed by atoms with Crippen molar-refractivity contribution in [3.63, 3.8) is 0 Å². The zero-order valence-corrected chi connectivity index (χ0v) is 16.5. The molecule has 9 heteroatoms. The van der Waals surface area contributed by atoms with Crippen LogP contribution in [0.3, 0.4) is 0 Å². The number of benzene rings is 1. The lowest BCUT2D eigenvalue weighted by Gasteiger charge is -2.06. The molecule has 0 fully saturated rings. The van der Waals surface area contributed by atoms with Crippen LogP contribution in [0.4, 0.5) is 11.6 Å². The molecule has 3 heterocycles. The molecule has 3 aromatic heterocycles. The number of rotatable bonds is 4. The van der Waals surface area contributed by atoms with Crippen molar-refractivity contribution in [2.45, 2.75) is 20.9 Å². The topological polar surface area (TPSA) is 89.6 Å². The Hall–Kier alpha value is -2.32. The van der Waals surface area contributed by atoms with Crippen LogP contribution in [0.2, 0.25) is 10.0 Å². The predicted octanol–water partition coefficient (Wildman–Crippen LogP) is 5.60. The Morgan fingerprint density at radius 3 is 2.54 bits per heavy atom. The Balaban J connectivity index is 0.00000225. The van der Waals surface area contributed by atoms with Gasteiger partial charge < -0.3 is 11.1 Å². The molecule has 1 aromatic carbocycles. The second-order valence-electron chi connectivity index (χ2n) is 5.84. The van der Waals surface area contributed by atoms with Gasteiger partial charge in [0.25, 0.3) is 0 Å². The molecular weight excluding hydrogens is 415 g/mol. The van der Waals surface area contributed by atoms with Crippen molar-refractivity contribution in [2.24, 2.45) is 5.73 Å². The molecular formula is C19H18Cl2N6S. The summed E-state index contributed by atoms with van der Waals surface area (Å²) in [5.41, 5.74) is 8.92. The van der Waals surface area contributed by atoms with Crippen LogP contribution in [0, 0.1) is 6.92 Å². The van der Waals surface area contributed by atoms with Gasteiger partial charge >= 0.3 is 0 Å². The minimum absolute atomic E-state index is 0. The highest BCUT2D eigenvalue weighted by Gasteiger charge is 2.17. The summed E-state index contributed by atoms with van der Waals surface area (Å²) in [6.07, 6.45) is 3.21. The Morgan fingerprint density at radius 2 is 1.86 bits per heavy atom. The number of nitrogens with zero attached hydrogens (tertiary/aromatic N) is 4. The first-order chi connectivity index (χ1) is 13.0. The SMILES string of the molecule is C.Cc1cc(Nc2nccc3nc(-c4c(Cl)cc(CN)cc4Cl)sc23)ncn1. The summed E-state index contributed by atoms with van der Waals surface area (Å²) in [5, 5.41) is 4.99. The van der Waals surface area contributed by atoms with Crippen LogP contribution in [-0.4, -0.2) is 19.9 Å². The van der Waals surface area contributed by atoms with E-state index in [2.05, 4.69) is 25.3 Å². The molecule has 3 N–H and O–H groups in total. The van der Waals surface area contributed by atoms with Crippen molar-refractivity contribution >= 4 is 56.4 Å². The van der Waals surface area contributed by atoms with Gasteiger partial charge in [0.15, 0.2) is 5.82 Å². The average molecular weight is 433 g/mol. The van der Waals surface area contributed by atoms with Crippen LogP contribution >= 0.6 is 34.5 Å². The van der Waals surface area contributed by atoms with Gasteiger partial charge in [0, 0.05) is 30.1 Å². The van der Waals surface area contributed by atoms with Crippen molar-refractivity contribution in [1.82, 2.24) is 19.9 Å². The lowest BCUT2D eigenvalue weighted by atomic mass is 10.1. The Labute approximate surface area is 176 Å². The van der Waals surface area contributed by atoms with Gasteiger partial charge in [0.1, 0.15) is 17.2 Å². The van der Waals surface area contributed by atoms with Gasteiger partial charge in [-0.15, -0.1) is 11.3 Å². The highest BCUT2D eigenvalue weighted by molar-refractivity contribution is 7.22. The molecule has 0 saturated heterocycles. The number of nitrogens with one attached hydrogen (secondary N) is 1. The van der Waals surface area contributed by atoms with Crippen molar-refractivity contribution in [2.75, 3.05) is 5.32 Å². The first-order valence-electron chi connectivity index (χ1n) is 8.04. The smallest absolute Gasteiger partial charge is 0.151 e. The molecule has 0 aliphatic carbocycles. The summed E-state index contributed by atoms with van der Waals surface area (Å²) < 4.78 is 0.888. The van der Waals surface area contributed by atoms with E-state index < -0.39 is 0 Å². The van der Waals surface area contributed by atoms with E-state index in [9.17, 15) is 0 Å². The molecule has 0 saturated carbocycles. The highest BCUT2D eigenvalue weighted by atomic mass is 35.5. The molecule has 4 rings (SSSR count). The van der Waals surface area contributed by atoms with E-state index in [1.54, 1.807) is 6.20 Å². The molecule has 28 heavy (non-hydrogen) atoms. The van der Waals surface area contributed by atoms with Gasteiger partial charge in [-0.2, -0.15) is 0 Å². The van der Waals surface area contributed by atoms with E-state index in [4.69, 9.17) is 28.9 Å². The monoisotopic (exact) mass is 432 g/mol. The van der Waals surface area contributed by atoms with Gasteiger partial charge in [-0.05, 0) is 30.7 Å². The van der Waals surface area contributed by atoms with Gasteiger partial charge in [0.2, 0.25) is 0 Å². The van der Waals surface area contributed by atoms with E-state index in [-0.39, 0.29) is 7.43 Å². The van der Waals surface area contributed by atoms with Crippen molar-refractivity contribution < 1.29 is 0 Å². The maximum absolute atomic E-state index is 6.44. The quantitative estimate of drug-likeness (QED) is 0.435. The maximum Gasteiger partial charge on any atom is 0.151 e. The fraction of sp³-hybridized carbons (Fsp3) is 0.158. The number of hydrogen-bond donors (Lipinski definition) is 2. The summed E-state index contributed by atoms with van der Waals surface area (Å²) in [7, 11) is 0. The molecule has 4 aromatic rings. The summed E-state index contributed by atoms with van der Waals surface area (Å²) in [5.74, 6) is 1.33. The summed E-state index contributed by atoms with van der Waals surface area (Å²) in [4.78, 5) is 17.4. The van der Waals surface area contributed by atoms with E-state index in [1.807, 2.05) is 31.2 Å². The molecule has 144 valence electrons. The molecule has 0 spiro atoms. The van der Waals surface area contributed by atoms with Crippen LogP contribution in [-0.2, 0) is 6.54 Å². The summed E-state index contributed by atoms with van der Waals surface area (Å²) in [6.45, 7) is 2.27. The third-order valence-corrected chi connectivity index (χ3v) is 5.60. The summed E-state index contributed by atoms with van der Waals surface area (Å²) in [6, 6.07) is 7.33. The third-order valence-electron chi connectivity index (χ3n) is 3.91. The Morgan fingerprint density at radius 1 is 1.11 bits per heavy atom. The molecule has 0 bridgehead atoms. The normalized spacial score (nSPS) is 10.7. The number of anilines is 2. The Kier molecular flexibility index (Phi) is 6.10. The van der Waals surface area contributed by atoms with Crippen LogP contribution in [0.5, 0.6) is 0 Å². The molecule has 0 atom stereocenters. The number of hydrogen-bond acceptors (Lipinski definition) is 7. The minimum atomic E-state index is 0. The number of nitrogens with two attached hydrogens (primary N) is 1. The fourth-order valence-corrected chi connectivity index (χ4v) is 4.54. The highest BCUT2D eigenvalue weighted by Crippen LogP contribution is 2.41. The summed E-state index contributed by atoms with van der Waals surface area (Å²) >= 11 is 14.3. The standard InChI is InChI=1S/C18H14Cl2N6S.CH4/c1-9-4-14(24-8-23-9)26-17-16-13(2-3-22-17)25-18(27-16)15-11(19)5-10(7-21)6-12(15)20;/h2-6,8H,7,21H2,1H3,(H,22,23,24,26);1H4. The van der Waals surface area contributed by atoms with Crippen LogP contribution in [0.25, 0.3) is 20.8 Å². The van der Waals surface area contributed by atoms with E-state index >= 15 is 0 Å². The molecule has 0 amide bonds.